The quantitative estimate of drug-likeness (QED) is 0.223. The van der Waals surface area contributed by atoms with Crippen LogP contribution in [-0.2, 0) is 4.79 Å². The number of para-hydroxylation sites is 1. The highest BCUT2D eigenvalue weighted by molar-refractivity contribution is 7.99. The monoisotopic (exact) mass is 473 g/mol. The van der Waals surface area contributed by atoms with Crippen LogP contribution in [0.5, 0.6) is 11.5 Å². The van der Waals surface area contributed by atoms with Crippen LogP contribution in [-0.4, -0.2) is 46.9 Å². The summed E-state index contributed by atoms with van der Waals surface area (Å²) < 4.78 is 12.5. The summed E-state index contributed by atoms with van der Waals surface area (Å²) in [4.78, 5) is 12.4. The van der Waals surface area contributed by atoms with Gasteiger partial charge in [0, 0.05) is 16.8 Å². The first-order valence-electron chi connectivity index (χ1n) is 10.4. The highest BCUT2D eigenvalue weighted by Crippen LogP contribution is 2.28. The SMILES string of the molecule is COc1ccc(-n2c(SCC(=O)N/N=C/c3ccccc3OC)nnc2-c2ccccc2)cc1. The minimum atomic E-state index is -0.262. The Morgan fingerprint density at radius 2 is 1.71 bits per heavy atom. The van der Waals surface area contributed by atoms with E-state index in [1.165, 1.54) is 11.8 Å². The second-order valence-electron chi connectivity index (χ2n) is 7.03. The molecule has 1 heterocycles. The average molecular weight is 474 g/mol. The van der Waals surface area contributed by atoms with Crippen LogP contribution in [0.4, 0.5) is 0 Å². The lowest BCUT2D eigenvalue weighted by molar-refractivity contribution is -0.118. The minimum absolute atomic E-state index is 0.117. The van der Waals surface area contributed by atoms with Gasteiger partial charge in [-0.05, 0) is 36.4 Å². The van der Waals surface area contributed by atoms with Crippen molar-refractivity contribution in [1.29, 1.82) is 0 Å². The number of nitrogens with one attached hydrogen (secondary N) is 1. The van der Waals surface area contributed by atoms with Crippen molar-refractivity contribution < 1.29 is 14.3 Å². The summed E-state index contributed by atoms with van der Waals surface area (Å²) >= 11 is 1.28. The number of rotatable bonds is 9. The van der Waals surface area contributed by atoms with Crippen molar-refractivity contribution in [3.8, 4) is 28.6 Å². The molecule has 4 rings (SSSR count). The van der Waals surface area contributed by atoms with Gasteiger partial charge in [0.15, 0.2) is 11.0 Å². The van der Waals surface area contributed by atoms with Crippen LogP contribution in [0.1, 0.15) is 5.56 Å². The molecular formula is C25H23N5O3S. The fourth-order valence-corrected chi connectivity index (χ4v) is 3.96. The lowest BCUT2D eigenvalue weighted by Crippen LogP contribution is -2.20. The molecule has 3 aromatic carbocycles. The molecule has 1 aromatic heterocycles. The second-order valence-corrected chi connectivity index (χ2v) is 7.97. The Balaban J connectivity index is 1.50. The van der Waals surface area contributed by atoms with Crippen LogP contribution in [0.15, 0.2) is 89.1 Å². The number of nitrogens with zero attached hydrogens (tertiary/aromatic N) is 4. The lowest BCUT2D eigenvalue weighted by Gasteiger charge is -2.11. The Hall–Kier alpha value is -4.11. The number of hydrogen-bond acceptors (Lipinski definition) is 7. The van der Waals surface area contributed by atoms with Crippen molar-refractivity contribution in [1.82, 2.24) is 20.2 Å². The Bertz CT molecular complexity index is 1270. The number of aromatic nitrogens is 3. The highest BCUT2D eigenvalue weighted by Gasteiger charge is 2.17. The van der Waals surface area contributed by atoms with Gasteiger partial charge in [-0.25, -0.2) is 5.43 Å². The third-order valence-corrected chi connectivity index (χ3v) is 5.79. The van der Waals surface area contributed by atoms with E-state index in [2.05, 4.69) is 20.7 Å². The zero-order chi connectivity index (χ0) is 23.8. The zero-order valence-corrected chi connectivity index (χ0v) is 19.5. The third-order valence-electron chi connectivity index (χ3n) is 4.86. The summed E-state index contributed by atoms with van der Waals surface area (Å²) in [6.07, 6.45) is 1.55. The molecule has 8 nitrogen and oxygen atoms in total. The van der Waals surface area contributed by atoms with E-state index in [0.717, 1.165) is 22.6 Å². The number of benzene rings is 3. The van der Waals surface area contributed by atoms with Crippen molar-refractivity contribution in [3.63, 3.8) is 0 Å². The fourth-order valence-electron chi connectivity index (χ4n) is 3.21. The van der Waals surface area contributed by atoms with Crippen LogP contribution in [0.3, 0.4) is 0 Å². The number of ether oxygens (including phenoxy) is 2. The van der Waals surface area contributed by atoms with Crippen LogP contribution < -0.4 is 14.9 Å². The zero-order valence-electron chi connectivity index (χ0n) is 18.7. The molecule has 0 aliphatic heterocycles. The van der Waals surface area contributed by atoms with Gasteiger partial charge < -0.3 is 9.47 Å². The molecule has 9 heteroatoms. The first kappa shape index (κ1) is 23.1. The van der Waals surface area contributed by atoms with Crippen molar-refractivity contribution in [2.45, 2.75) is 5.16 Å². The van der Waals surface area contributed by atoms with E-state index in [9.17, 15) is 4.79 Å². The normalized spacial score (nSPS) is 10.9. The molecular weight excluding hydrogens is 450 g/mol. The molecule has 0 radical (unpaired) electrons. The van der Waals surface area contributed by atoms with Gasteiger partial charge in [0.05, 0.1) is 26.2 Å². The number of thioether (sulfide) groups is 1. The largest absolute Gasteiger partial charge is 0.497 e. The van der Waals surface area contributed by atoms with Crippen molar-refractivity contribution >= 4 is 23.9 Å². The number of hydrogen-bond donors (Lipinski definition) is 1. The highest BCUT2D eigenvalue weighted by atomic mass is 32.2. The maximum Gasteiger partial charge on any atom is 0.250 e. The Morgan fingerprint density at radius 1 is 0.971 bits per heavy atom. The lowest BCUT2D eigenvalue weighted by atomic mass is 10.2. The van der Waals surface area contributed by atoms with E-state index in [1.54, 1.807) is 20.4 Å². The molecule has 34 heavy (non-hydrogen) atoms. The summed E-state index contributed by atoms with van der Waals surface area (Å²) in [6, 6.07) is 24.8. The van der Waals surface area contributed by atoms with E-state index in [1.807, 2.05) is 83.4 Å². The Morgan fingerprint density at radius 3 is 2.44 bits per heavy atom. The van der Waals surface area contributed by atoms with Gasteiger partial charge in [-0.2, -0.15) is 5.10 Å². The first-order chi connectivity index (χ1) is 16.7. The van der Waals surface area contributed by atoms with Crippen LogP contribution in [0, 0.1) is 0 Å². The van der Waals surface area contributed by atoms with Gasteiger partial charge in [0.1, 0.15) is 11.5 Å². The summed E-state index contributed by atoms with van der Waals surface area (Å²) in [5.74, 6) is 1.96. The molecule has 0 aliphatic carbocycles. The molecule has 0 spiro atoms. The molecule has 1 amide bonds. The predicted octanol–water partition coefficient (Wildman–Crippen LogP) is 4.19. The number of hydrazone groups is 1. The molecule has 0 unspecified atom stereocenters. The maximum atomic E-state index is 12.4. The minimum Gasteiger partial charge on any atom is -0.497 e. The number of carbonyl (C=O) groups excluding carboxylic acids is 1. The number of carbonyl (C=O) groups is 1. The summed E-state index contributed by atoms with van der Waals surface area (Å²) in [6.45, 7) is 0. The van der Waals surface area contributed by atoms with Crippen LogP contribution >= 0.6 is 11.8 Å². The van der Waals surface area contributed by atoms with Crippen molar-refractivity contribution in [2.24, 2.45) is 5.10 Å². The van der Waals surface area contributed by atoms with Crippen molar-refractivity contribution in [2.75, 3.05) is 20.0 Å². The van der Waals surface area contributed by atoms with Gasteiger partial charge in [-0.3, -0.25) is 9.36 Å². The van der Waals surface area contributed by atoms with E-state index < -0.39 is 0 Å². The summed E-state index contributed by atoms with van der Waals surface area (Å²) in [7, 11) is 3.21. The molecule has 4 aromatic rings. The topological polar surface area (TPSA) is 90.6 Å². The second kappa shape index (κ2) is 11.2. The fraction of sp³-hybridized carbons (Fsp3) is 0.120. The molecule has 0 saturated heterocycles. The first-order valence-corrected chi connectivity index (χ1v) is 11.4. The molecule has 0 atom stereocenters. The maximum absolute atomic E-state index is 12.4. The van der Waals surface area contributed by atoms with Gasteiger partial charge in [-0.1, -0.05) is 54.2 Å². The summed E-state index contributed by atoms with van der Waals surface area (Å²) in [5, 5.41) is 13.4. The van der Waals surface area contributed by atoms with E-state index in [-0.39, 0.29) is 11.7 Å². The average Bonchev–Trinajstić information content (AvgIpc) is 3.32. The van der Waals surface area contributed by atoms with Crippen molar-refractivity contribution in [3.05, 3.63) is 84.4 Å². The van der Waals surface area contributed by atoms with Gasteiger partial charge >= 0.3 is 0 Å². The molecule has 172 valence electrons. The molecule has 0 saturated carbocycles. The van der Waals surface area contributed by atoms with Crippen LogP contribution in [0.25, 0.3) is 17.1 Å². The number of methoxy groups -OCH3 is 2. The molecule has 1 N–H and O–H groups in total. The van der Waals surface area contributed by atoms with Gasteiger partial charge in [-0.15, -0.1) is 10.2 Å². The third kappa shape index (κ3) is 5.44. The molecule has 0 bridgehead atoms. The van der Waals surface area contributed by atoms with E-state index in [0.29, 0.717) is 16.7 Å². The Kier molecular flexibility index (Phi) is 7.56. The van der Waals surface area contributed by atoms with Gasteiger partial charge in [0.25, 0.3) is 5.91 Å². The van der Waals surface area contributed by atoms with E-state index >= 15 is 0 Å². The van der Waals surface area contributed by atoms with Crippen LogP contribution in [0.2, 0.25) is 0 Å². The van der Waals surface area contributed by atoms with Gasteiger partial charge in [0.2, 0.25) is 0 Å². The smallest absolute Gasteiger partial charge is 0.250 e. The summed E-state index contributed by atoms with van der Waals surface area (Å²) in [5.41, 5.74) is 5.10. The number of amides is 1. The standard InChI is InChI=1S/C25H23N5O3S/c1-32-21-14-12-20(13-15-21)30-24(18-8-4-3-5-9-18)28-29-25(30)34-17-23(31)27-26-16-19-10-6-7-11-22(19)33-2/h3-16H,17H2,1-2H3,(H,27,31)/b26-16+. The Labute approximate surface area is 201 Å². The molecule has 0 fully saturated rings. The molecule has 0 aliphatic rings. The van der Waals surface area contributed by atoms with E-state index in [4.69, 9.17) is 9.47 Å². The predicted molar refractivity (Wildman–Crippen MR) is 133 cm³/mol.